The summed E-state index contributed by atoms with van der Waals surface area (Å²) < 4.78 is 5.81. The standard InChI is InChI=1S/C25H23N3O2S/c1-17-12-13-21(18(2)14-17)27-24(29)16-31-25-20-10-6-7-11-22(20)26-23(28-25)15-30-19-8-4-3-5-9-19/h3-14H,15-16H2,1-2H3,(H,27,29). The van der Waals surface area contributed by atoms with E-state index in [0.29, 0.717) is 5.82 Å². The van der Waals surface area contributed by atoms with E-state index in [9.17, 15) is 4.79 Å². The van der Waals surface area contributed by atoms with Gasteiger partial charge in [-0.1, -0.05) is 65.9 Å². The molecule has 0 atom stereocenters. The second kappa shape index (κ2) is 9.62. The van der Waals surface area contributed by atoms with Crippen LogP contribution < -0.4 is 10.1 Å². The molecule has 0 aliphatic rings. The lowest BCUT2D eigenvalue weighted by molar-refractivity contribution is -0.113. The van der Waals surface area contributed by atoms with Crippen molar-refractivity contribution >= 4 is 34.3 Å². The highest BCUT2D eigenvalue weighted by molar-refractivity contribution is 8.00. The van der Waals surface area contributed by atoms with E-state index >= 15 is 0 Å². The van der Waals surface area contributed by atoms with E-state index in [1.807, 2.05) is 80.6 Å². The number of ether oxygens (including phenoxy) is 1. The number of hydrogen-bond donors (Lipinski definition) is 1. The minimum absolute atomic E-state index is 0.0678. The van der Waals surface area contributed by atoms with Crippen molar-refractivity contribution in [3.63, 3.8) is 0 Å². The molecule has 0 aliphatic heterocycles. The molecule has 6 heteroatoms. The maximum absolute atomic E-state index is 12.6. The molecule has 0 radical (unpaired) electrons. The third-order valence-electron chi connectivity index (χ3n) is 4.72. The number of benzene rings is 3. The van der Waals surface area contributed by atoms with E-state index in [1.165, 1.54) is 17.3 Å². The number of anilines is 1. The SMILES string of the molecule is Cc1ccc(NC(=O)CSc2nc(COc3ccccc3)nc3ccccc23)c(C)c1. The van der Waals surface area contributed by atoms with Crippen molar-refractivity contribution in [2.75, 3.05) is 11.1 Å². The molecule has 0 saturated carbocycles. The van der Waals surface area contributed by atoms with Gasteiger partial charge in [-0.15, -0.1) is 0 Å². The van der Waals surface area contributed by atoms with Crippen LogP contribution in [0.4, 0.5) is 5.69 Å². The molecule has 3 aromatic carbocycles. The number of nitrogens with zero attached hydrogens (tertiary/aromatic N) is 2. The summed E-state index contributed by atoms with van der Waals surface area (Å²) in [7, 11) is 0. The summed E-state index contributed by atoms with van der Waals surface area (Å²) in [4.78, 5) is 21.8. The van der Waals surface area contributed by atoms with Gasteiger partial charge in [0.2, 0.25) is 5.91 Å². The maximum Gasteiger partial charge on any atom is 0.234 e. The van der Waals surface area contributed by atoms with Crippen LogP contribution >= 0.6 is 11.8 Å². The fourth-order valence-electron chi connectivity index (χ4n) is 3.21. The summed E-state index contributed by atoms with van der Waals surface area (Å²) in [5.41, 5.74) is 3.89. The van der Waals surface area contributed by atoms with Crippen molar-refractivity contribution in [3.8, 4) is 5.75 Å². The Morgan fingerprint density at radius 3 is 2.55 bits per heavy atom. The number of carbonyl (C=O) groups excluding carboxylic acids is 1. The first-order valence-electron chi connectivity index (χ1n) is 10.0. The van der Waals surface area contributed by atoms with Crippen molar-refractivity contribution in [1.29, 1.82) is 0 Å². The second-order valence-electron chi connectivity index (χ2n) is 7.22. The third kappa shape index (κ3) is 5.41. The second-order valence-corrected chi connectivity index (χ2v) is 8.18. The number of amides is 1. The first kappa shape index (κ1) is 20.9. The molecule has 0 saturated heterocycles. The third-order valence-corrected chi connectivity index (χ3v) is 5.71. The Balaban J connectivity index is 1.48. The molecule has 0 spiro atoms. The van der Waals surface area contributed by atoms with Crippen molar-refractivity contribution in [3.05, 3.63) is 89.7 Å². The first-order chi connectivity index (χ1) is 15.1. The van der Waals surface area contributed by atoms with Crippen LogP contribution in [0, 0.1) is 13.8 Å². The molecule has 1 heterocycles. The van der Waals surface area contributed by atoms with E-state index < -0.39 is 0 Å². The minimum atomic E-state index is -0.0678. The number of fused-ring (bicyclic) bond motifs is 1. The van der Waals surface area contributed by atoms with Gasteiger partial charge in [-0.2, -0.15) is 0 Å². The van der Waals surface area contributed by atoms with Crippen LogP contribution in [0.25, 0.3) is 10.9 Å². The number of nitrogens with one attached hydrogen (secondary N) is 1. The highest BCUT2D eigenvalue weighted by Crippen LogP contribution is 2.26. The van der Waals surface area contributed by atoms with Crippen molar-refractivity contribution in [2.24, 2.45) is 0 Å². The fraction of sp³-hybridized carbons (Fsp3) is 0.160. The molecular weight excluding hydrogens is 406 g/mol. The van der Waals surface area contributed by atoms with Gasteiger partial charge in [0.1, 0.15) is 17.4 Å². The molecule has 31 heavy (non-hydrogen) atoms. The van der Waals surface area contributed by atoms with E-state index in [-0.39, 0.29) is 18.3 Å². The van der Waals surface area contributed by atoms with Crippen LogP contribution in [0.5, 0.6) is 5.75 Å². The summed E-state index contributed by atoms with van der Waals surface area (Å²) in [5.74, 6) is 1.54. The van der Waals surface area contributed by atoms with Gasteiger partial charge in [-0.3, -0.25) is 4.79 Å². The molecule has 0 aliphatic carbocycles. The molecule has 1 N–H and O–H groups in total. The largest absolute Gasteiger partial charge is 0.486 e. The normalized spacial score (nSPS) is 10.8. The Bertz CT molecular complexity index is 1210. The fourth-order valence-corrected chi connectivity index (χ4v) is 4.04. The van der Waals surface area contributed by atoms with Gasteiger partial charge in [-0.05, 0) is 43.7 Å². The molecule has 0 fully saturated rings. The highest BCUT2D eigenvalue weighted by atomic mass is 32.2. The van der Waals surface area contributed by atoms with Crippen LogP contribution in [0.3, 0.4) is 0 Å². The van der Waals surface area contributed by atoms with Crippen molar-refractivity contribution in [1.82, 2.24) is 9.97 Å². The van der Waals surface area contributed by atoms with Gasteiger partial charge in [0.05, 0.1) is 11.3 Å². The number of hydrogen-bond acceptors (Lipinski definition) is 5. The zero-order valence-corrected chi connectivity index (χ0v) is 18.3. The zero-order chi connectivity index (χ0) is 21.6. The van der Waals surface area contributed by atoms with E-state index in [1.54, 1.807) is 0 Å². The average Bonchev–Trinajstić information content (AvgIpc) is 2.78. The lowest BCUT2D eigenvalue weighted by Gasteiger charge is -2.11. The van der Waals surface area contributed by atoms with E-state index in [0.717, 1.165) is 32.9 Å². The smallest absolute Gasteiger partial charge is 0.234 e. The summed E-state index contributed by atoms with van der Waals surface area (Å²) >= 11 is 1.40. The predicted molar refractivity (Wildman–Crippen MR) is 126 cm³/mol. The van der Waals surface area contributed by atoms with E-state index in [4.69, 9.17) is 4.74 Å². The predicted octanol–water partition coefficient (Wildman–Crippen LogP) is 5.56. The molecule has 1 aromatic heterocycles. The molecule has 4 aromatic rings. The van der Waals surface area contributed by atoms with Crippen molar-refractivity contribution < 1.29 is 9.53 Å². The quantitative estimate of drug-likeness (QED) is 0.308. The monoisotopic (exact) mass is 429 g/mol. The highest BCUT2D eigenvalue weighted by Gasteiger charge is 2.12. The van der Waals surface area contributed by atoms with Gasteiger partial charge in [0, 0.05) is 11.1 Å². The lowest BCUT2D eigenvalue weighted by atomic mass is 10.1. The lowest BCUT2D eigenvalue weighted by Crippen LogP contribution is -2.15. The molecule has 0 unspecified atom stereocenters. The Morgan fingerprint density at radius 1 is 0.968 bits per heavy atom. The molecule has 0 bridgehead atoms. The number of aryl methyl sites for hydroxylation is 2. The van der Waals surface area contributed by atoms with E-state index in [2.05, 4.69) is 21.4 Å². The molecular formula is C25H23N3O2S. The minimum Gasteiger partial charge on any atom is -0.486 e. The zero-order valence-electron chi connectivity index (χ0n) is 17.5. The van der Waals surface area contributed by atoms with Crippen LogP contribution in [0.2, 0.25) is 0 Å². The van der Waals surface area contributed by atoms with Crippen LogP contribution in [-0.4, -0.2) is 21.6 Å². The topological polar surface area (TPSA) is 64.1 Å². The molecule has 4 rings (SSSR count). The Hall–Kier alpha value is -3.38. The van der Waals surface area contributed by atoms with Gasteiger partial charge in [-0.25, -0.2) is 9.97 Å². The van der Waals surface area contributed by atoms with Gasteiger partial charge in [0.15, 0.2) is 5.82 Å². The Kier molecular flexibility index (Phi) is 6.48. The molecule has 156 valence electrons. The Labute approximate surface area is 185 Å². The summed E-state index contributed by atoms with van der Waals surface area (Å²) in [6.07, 6.45) is 0. The Morgan fingerprint density at radius 2 is 1.74 bits per heavy atom. The van der Waals surface area contributed by atoms with Crippen LogP contribution in [-0.2, 0) is 11.4 Å². The maximum atomic E-state index is 12.6. The summed E-state index contributed by atoms with van der Waals surface area (Å²) in [5, 5.41) is 4.69. The van der Waals surface area contributed by atoms with Crippen LogP contribution in [0.1, 0.15) is 17.0 Å². The number of para-hydroxylation sites is 2. The van der Waals surface area contributed by atoms with Gasteiger partial charge in [0.25, 0.3) is 0 Å². The first-order valence-corrected chi connectivity index (χ1v) is 11.0. The number of rotatable bonds is 7. The number of carbonyl (C=O) groups is 1. The summed E-state index contributed by atoms with van der Waals surface area (Å²) in [6, 6.07) is 23.4. The summed E-state index contributed by atoms with van der Waals surface area (Å²) in [6.45, 7) is 4.29. The molecule has 5 nitrogen and oxygen atoms in total. The molecule has 1 amide bonds. The van der Waals surface area contributed by atoms with Gasteiger partial charge < -0.3 is 10.1 Å². The van der Waals surface area contributed by atoms with Gasteiger partial charge >= 0.3 is 0 Å². The average molecular weight is 430 g/mol. The van der Waals surface area contributed by atoms with Crippen molar-refractivity contribution in [2.45, 2.75) is 25.5 Å². The van der Waals surface area contributed by atoms with Crippen LogP contribution in [0.15, 0.2) is 77.8 Å². The number of thioether (sulfide) groups is 1. The number of aromatic nitrogens is 2.